The summed E-state index contributed by atoms with van der Waals surface area (Å²) in [6.07, 6.45) is 7.46. The monoisotopic (exact) mass is 620 g/mol. The quantitative estimate of drug-likeness (QED) is 0.104. The molecule has 0 heterocycles. The van der Waals surface area contributed by atoms with E-state index < -0.39 is 15.1 Å². The van der Waals surface area contributed by atoms with Crippen LogP contribution in [0.4, 0.5) is 11.4 Å². The zero-order valence-electron chi connectivity index (χ0n) is 24.2. The number of anilines is 2. The second kappa shape index (κ2) is 15.3. The molecule has 0 aliphatic rings. The lowest BCUT2D eigenvalue weighted by Crippen LogP contribution is -2.24. The lowest BCUT2D eigenvalue weighted by Gasteiger charge is -2.23. The summed E-state index contributed by atoms with van der Waals surface area (Å²) in [6, 6.07) is 29.2. The van der Waals surface area contributed by atoms with E-state index in [0.29, 0.717) is 22.2 Å². The van der Waals surface area contributed by atoms with Gasteiger partial charge in [0.25, 0.3) is 0 Å². The van der Waals surface area contributed by atoms with Gasteiger partial charge >= 0.3 is 0 Å². The van der Waals surface area contributed by atoms with Crippen LogP contribution in [0.1, 0.15) is 30.2 Å². The van der Waals surface area contributed by atoms with Crippen molar-refractivity contribution in [2.24, 2.45) is 0 Å². The second-order valence-electron chi connectivity index (χ2n) is 9.94. The Bertz CT molecular complexity index is 1600. The molecule has 0 radical (unpaired) electrons. The highest BCUT2D eigenvalue weighted by molar-refractivity contribution is 7.91. The summed E-state index contributed by atoms with van der Waals surface area (Å²) < 4.78 is 28.2. The Balaban J connectivity index is 1.64. The highest BCUT2D eigenvalue weighted by atomic mass is 35.5. The van der Waals surface area contributed by atoms with Crippen molar-refractivity contribution in [1.82, 2.24) is 0 Å². The zero-order chi connectivity index (χ0) is 30.0. The Labute approximate surface area is 260 Å². The molecule has 1 unspecified atom stereocenters. The van der Waals surface area contributed by atoms with Crippen molar-refractivity contribution in [1.29, 1.82) is 0 Å². The Morgan fingerprint density at radius 2 is 1.29 bits per heavy atom. The Morgan fingerprint density at radius 1 is 0.714 bits per heavy atom. The number of hydrogen-bond donors (Lipinski definition) is 0. The van der Waals surface area contributed by atoms with Gasteiger partial charge in [-0.3, -0.25) is 0 Å². The predicted octanol–water partition coefficient (Wildman–Crippen LogP) is 8.75. The van der Waals surface area contributed by atoms with Gasteiger partial charge in [0.1, 0.15) is 5.25 Å². The van der Waals surface area contributed by atoms with Gasteiger partial charge in [-0.05, 0) is 72.1 Å². The third-order valence-electron chi connectivity index (χ3n) is 7.39. The first-order valence-electron chi connectivity index (χ1n) is 14.3. The molecule has 0 saturated heterocycles. The van der Waals surface area contributed by atoms with Crippen molar-refractivity contribution in [2.45, 2.75) is 24.0 Å². The van der Waals surface area contributed by atoms with Crippen LogP contribution >= 0.6 is 23.2 Å². The summed E-state index contributed by atoms with van der Waals surface area (Å²) in [6.45, 7) is 7.43. The number of sulfone groups is 1. The van der Waals surface area contributed by atoms with Crippen LogP contribution in [-0.2, 0) is 9.84 Å². The summed E-state index contributed by atoms with van der Waals surface area (Å²) in [5, 5.41) is 1.05. The van der Waals surface area contributed by atoms with Gasteiger partial charge in [0.2, 0.25) is 0 Å². The molecule has 0 spiro atoms. The predicted molar refractivity (Wildman–Crippen MR) is 182 cm³/mol. The number of nitrogens with zero attached hydrogens (tertiary/aromatic N) is 2. The Morgan fingerprint density at radius 3 is 1.86 bits per heavy atom. The lowest BCUT2D eigenvalue weighted by molar-refractivity contribution is 0.590. The van der Waals surface area contributed by atoms with Crippen LogP contribution in [0.25, 0.3) is 16.8 Å². The van der Waals surface area contributed by atoms with Gasteiger partial charge in [-0.1, -0.05) is 78.9 Å². The summed E-state index contributed by atoms with van der Waals surface area (Å²) in [5.41, 5.74) is 3.89. The number of hydrogen-bond acceptors (Lipinski definition) is 4. The van der Waals surface area contributed by atoms with Crippen molar-refractivity contribution >= 4 is 61.3 Å². The largest absolute Gasteiger partial charge is 0.371 e. The molecule has 220 valence electrons. The van der Waals surface area contributed by atoms with Crippen molar-refractivity contribution < 1.29 is 8.42 Å². The van der Waals surface area contributed by atoms with E-state index in [0.717, 1.165) is 53.9 Å². The Hall–Kier alpha value is -3.25. The van der Waals surface area contributed by atoms with E-state index in [9.17, 15) is 8.42 Å². The molecular weight excluding hydrogens is 583 g/mol. The van der Waals surface area contributed by atoms with Gasteiger partial charge in [0, 0.05) is 49.3 Å². The van der Waals surface area contributed by atoms with Crippen LogP contribution in [-0.4, -0.2) is 46.4 Å². The molecule has 0 aromatic heterocycles. The second-order valence-corrected chi connectivity index (χ2v) is 12.8. The minimum Gasteiger partial charge on any atom is -0.371 e. The van der Waals surface area contributed by atoms with Gasteiger partial charge in [0.05, 0.1) is 4.90 Å². The topological polar surface area (TPSA) is 40.6 Å². The van der Waals surface area contributed by atoms with Gasteiger partial charge in [-0.25, -0.2) is 8.42 Å². The highest BCUT2D eigenvalue weighted by Crippen LogP contribution is 2.33. The van der Waals surface area contributed by atoms with Gasteiger partial charge in [-0.2, -0.15) is 0 Å². The normalized spacial score (nSPS) is 12.8. The van der Waals surface area contributed by atoms with E-state index in [1.165, 1.54) is 0 Å². The average Bonchev–Trinajstić information content (AvgIpc) is 3.02. The molecule has 4 aromatic carbocycles. The minimum atomic E-state index is -3.73. The van der Waals surface area contributed by atoms with E-state index in [1.807, 2.05) is 72.8 Å². The first-order chi connectivity index (χ1) is 20.4. The number of alkyl halides is 2. The maximum absolute atomic E-state index is 14.1. The first-order valence-corrected chi connectivity index (χ1v) is 16.9. The number of halogens is 2. The lowest BCUT2D eigenvalue weighted by atomic mass is 10.1. The highest BCUT2D eigenvalue weighted by Gasteiger charge is 2.27. The number of fused-ring (bicyclic) bond motifs is 1. The van der Waals surface area contributed by atoms with Crippen LogP contribution < -0.4 is 9.80 Å². The Kier molecular flexibility index (Phi) is 11.5. The summed E-state index contributed by atoms with van der Waals surface area (Å²) >= 11 is 11.9. The van der Waals surface area contributed by atoms with E-state index in [2.05, 4.69) is 47.9 Å². The zero-order valence-corrected chi connectivity index (χ0v) is 26.5. The van der Waals surface area contributed by atoms with Crippen LogP contribution in [0.15, 0.2) is 114 Å². The van der Waals surface area contributed by atoms with Gasteiger partial charge in [0.15, 0.2) is 9.84 Å². The molecule has 4 rings (SSSR count). The molecule has 1 atom stereocenters. The maximum atomic E-state index is 14.1. The number of benzene rings is 4. The molecule has 0 saturated carbocycles. The van der Waals surface area contributed by atoms with Crippen LogP contribution in [0.5, 0.6) is 0 Å². The average molecular weight is 622 g/mol. The summed E-state index contributed by atoms with van der Waals surface area (Å²) in [7, 11) is -3.73. The summed E-state index contributed by atoms with van der Waals surface area (Å²) in [5.74, 6) is 1.10. The van der Waals surface area contributed by atoms with Crippen LogP contribution in [0.2, 0.25) is 0 Å². The maximum Gasteiger partial charge on any atom is 0.188 e. The molecule has 0 fully saturated rings. The van der Waals surface area contributed by atoms with Gasteiger partial charge < -0.3 is 9.80 Å². The fraction of sp³-hybridized carbons (Fsp3) is 0.257. The van der Waals surface area contributed by atoms with Crippen LogP contribution in [0.3, 0.4) is 0 Å². The number of rotatable bonds is 14. The van der Waals surface area contributed by atoms with E-state index in [4.69, 9.17) is 23.2 Å². The molecule has 0 bridgehead atoms. The fourth-order valence-electron chi connectivity index (χ4n) is 5.03. The molecular formula is C35H38Cl2N2O2S. The molecule has 0 N–H and O–H groups in total. The molecule has 42 heavy (non-hydrogen) atoms. The van der Waals surface area contributed by atoms with Gasteiger partial charge in [-0.15, -0.1) is 23.2 Å². The first kappa shape index (κ1) is 31.7. The number of allylic oxidation sites excluding steroid dienone is 2. The molecule has 4 aromatic rings. The van der Waals surface area contributed by atoms with Crippen molar-refractivity contribution in [2.75, 3.05) is 47.7 Å². The van der Waals surface area contributed by atoms with Crippen molar-refractivity contribution in [3.63, 3.8) is 0 Å². The van der Waals surface area contributed by atoms with E-state index in [1.54, 1.807) is 18.2 Å². The molecule has 4 nitrogen and oxygen atoms in total. The minimum absolute atomic E-state index is 0.300. The molecule has 0 aliphatic carbocycles. The van der Waals surface area contributed by atoms with E-state index >= 15 is 0 Å². The third kappa shape index (κ3) is 7.77. The SMILES string of the molecule is CCN(CCCl)c1ccc(C=CC=CC(c2ccc(N(CC)CCCl)cc2)S(=O)(=O)c2ccc3ccccc3c2)cc1. The summed E-state index contributed by atoms with van der Waals surface area (Å²) in [4.78, 5) is 4.70. The molecule has 0 amide bonds. The fourth-order valence-corrected chi connectivity index (χ4v) is 7.09. The smallest absolute Gasteiger partial charge is 0.188 e. The van der Waals surface area contributed by atoms with Crippen molar-refractivity contribution in [3.8, 4) is 0 Å². The molecule has 7 heteroatoms. The van der Waals surface area contributed by atoms with Crippen molar-refractivity contribution in [3.05, 3.63) is 120 Å². The molecule has 0 aliphatic heterocycles. The third-order valence-corrected chi connectivity index (χ3v) is 9.73. The van der Waals surface area contributed by atoms with E-state index in [-0.39, 0.29) is 0 Å². The van der Waals surface area contributed by atoms with Crippen LogP contribution in [0, 0.1) is 0 Å². The standard InChI is InChI=1S/C35H38Cl2N2O2S/c1-3-38(25-23-36)32-18-13-28(14-19-32)9-5-8-12-35(30-15-20-33(21-16-30)39(4-2)26-24-37)42(40,41)34-22-17-29-10-6-7-11-31(29)27-34/h5-22,27,35H,3-4,23-26H2,1-2H3.